The second-order valence-electron chi connectivity index (χ2n) is 5.36. The highest BCUT2D eigenvalue weighted by Gasteiger charge is 2.12. The summed E-state index contributed by atoms with van der Waals surface area (Å²) in [4.78, 5) is 23.7. The van der Waals surface area contributed by atoms with Gasteiger partial charge in [-0.05, 0) is 30.2 Å². The number of allylic oxidation sites excluding steroid dienone is 1. The van der Waals surface area contributed by atoms with Gasteiger partial charge < -0.3 is 4.74 Å². The molecule has 0 fully saturated rings. The number of rotatable bonds is 6. The molecule has 3 heteroatoms. The van der Waals surface area contributed by atoms with Crippen LogP contribution in [0.3, 0.4) is 0 Å². The van der Waals surface area contributed by atoms with E-state index in [0.29, 0.717) is 11.3 Å². The first kappa shape index (κ1) is 16.7. The van der Waals surface area contributed by atoms with Gasteiger partial charge in [-0.1, -0.05) is 62.4 Å². The number of benzene rings is 2. The lowest BCUT2D eigenvalue weighted by Gasteiger charge is -2.08. The molecule has 0 bridgehead atoms. The molecule has 0 radical (unpaired) electrons. The smallest absolute Gasteiger partial charge is 0.314 e. The Balaban J connectivity index is 1.98. The quantitative estimate of drug-likeness (QED) is 0.341. The average molecular weight is 308 g/mol. The molecule has 0 N–H and O–H groups in total. The molecule has 0 heterocycles. The minimum atomic E-state index is -0.227. The molecule has 0 aliphatic carbocycles. The largest absolute Gasteiger partial charge is 0.426 e. The lowest BCUT2D eigenvalue weighted by atomic mass is 10.1. The minimum absolute atomic E-state index is 0.0436. The van der Waals surface area contributed by atoms with Crippen LogP contribution < -0.4 is 4.74 Å². The third-order valence-corrected chi connectivity index (χ3v) is 3.60. The molecule has 0 saturated heterocycles. The highest BCUT2D eigenvalue weighted by Crippen LogP contribution is 2.16. The molecule has 2 rings (SSSR count). The Morgan fingerprint density at radius 3 is 2.30 bits per heavy atom. The fraction of sp³-hybridized carbons (Fsp3) is 0.200. The summed E-state index contributed by atoms with van der Waals surface area (Å²) in [6, 6.07) is 16.2. The number of carbonyl (C=O) groups is 2. The SMILES string of the molecule is CCC(C)C(=O)Oc1ccc(/C=C/C(=O)c2ccccc2)cc1. The van der Waals surface area contributed by atoms with Crippen molar-refractivity contribution < 1.29 is 14.3 Å². The molecule has 0 aromatic heterocycles. The lowest BCUT2D eigenvalue weighted by Crippen LogP contribution is -2.16. The van der Waals surface area contributed by atoms with Gasteiger partial charge in [-0.2, -0.15) is 0 Å². The summed E-state index contributed by atoms with van der Waals surface area (Å²) in [6.07, 6.45) is 4.03. The highest BCUT2D eigenvalue weighted by atomic mass is 16.5. The molecule has 23 heavy (non-hydrogen) atoms. The van der Waals surface area contributed by atoms with Crippen molar-refractivity contribution in [2.45, 2.75) is 20.3 Å². The van der Waals surface area contributed by atoms with E-state index in [9.17, 15) is 9.59 Å². The van der Waals surface area contributed by atoms with E-state index in [2.05, 4.69) is 0 Å². The van der Waals surface area contributed by atoms with Crippen LogP contribution in [0.2, 0.25) is 0 Å². The van der Waals surface area contributed by atoms with Crippen molar-refractivity contribution in [3.8, 4) is 5.75 Å². The van der Waals surface area contributed by atoms with Crippen LogP contribution in [0.25, 0.3) is 6.08 Å². The summed E-state index contributed by atoms with van der Waals surface area (Å²) >= 11 is 0. The van der Waals surface area contributed by atoms with Gasteiger partial charge in [-0.15, -0.1) is 0 Å². The third-order valence-electron chi connectivity index (χ3n) is 3.60. The van der Waals surface area contributed by atoms with E-state index >= 15 is 0 Å². The topological polar surface area (TPSA) is 43.4 Å². The second-order valence-corrected chi connectivity index (χ2v) is 5.36. The summed E-state index contributed by atoms with van der Waals surface area (Å²) < 4.78 is 5.29. The van der Waals surface area contributed by atoms with Crippen LogP contribution in [0.15, 0.2) is 60.7 Å². The van der Waals surface area contributed by atoms with Crippen LogP contribution in [0.4, 0.5) is 0 Å². The molecule has 1 unspecified atom stereocenters. The van der Waals surface area contributed by atoms with Crippen molar-refractivity contribution in [1.82, 2.24) is 0 Å². The minimum Gasteiger partial charge on any atom is -0.426 e. The Bertz CT molecular complexity index is 685. The maximum Gasteiger partial charge on any atom is 0.314 e. The summed E-state index contributed by atoms with van der Waals surface area (Å²) in [7, 11) is 0. The van der Waals surface area contributed by atoms with Gasteiger partial charge in [-0.25, -0.2) is 0 Å². The molecule has 0 aliphatic rings. The standard InChI is InChI=1S/C20H20O3/c1-3-15(2)20(22)23-18-12-9-16(10-13-18)11-14-19(21)17-7-5-4-6-8-17/h4-15H,3H2,1-2H3/b14-11+. The van der Waals surface area contributed by atoms with E-state index in [0.717, 1.165) is 12.0 Å². The van der Waals surface area contributed by atoms with Gasteiger partial charge in [0.05, 0.1) is 5.92 Å². The van der Waals surface area contributed by atoms with Crippen LogP contribution in [-0.4, -0.2) is 11.8 Å². The van der Waals surface area contributed by atoms with Crippen molar-refractivity contribution in [2.24, 2.45) is 5.92 Å². The fourth-order valence-electron chi connectivity index (χ4n) is 1.90. The van der Waals surface area contributed by atoms with Crippen molar-refractivity contribution in [3.63, 3.8) is 0 Å². The van der Waals surface area contributed by atoms with E-state index in [1.165, 1.54) is 6.08 Å². The zero-order valence-electron chi connectivity index (χ0n) is 13.4. The fourth-order valence-corrected chi connectivity index (χ4v) is 1.90. The average Bonchev–Trinajstić information content (AvgIpc) is 2.60. The van der Waals surface area contributed by atoms with Gasteiger partial charge in [0.15, 0.2) is 5.78 Å². The van der Waals surface area contributed by atoms with E-state index in [1.807, 2.05) is 44.2 Å². The zero-order chi connectivity index (χ0) is 16.7. The predicted octanol–water partition coefficient (Wildman–Crippen LogP) is 4.53. The predicted molar refractivity (Wildman–Crippen MR) is 91.3 cm³/mol. The van der Waals surface area contributed by atoms with Gasteiger partial charge in [-0.3, -0.25) is 9.59 Å². The van der Waals surface area contributed by atoms with Crippen LogP contribution in [0.1, 0.15) is 36.2 Å². The molecule has 3 nitrogen and oxygen atoms in total. The molecule has 0 saturated carbocycles. The van der Waals surface area contributed by atoms with E-state index in [1.54, 1.807) is 30.3 Å². The first-order chi connectivity index (χ1) is 11.1. The van der Waals surface area contributed by atoms with Crippen molar-refractivity contribution in [2.75, 3.05) is 0 Å². The van der Waals surface area contributed by atoms with Gasteiger partial charge >= 0.3 is 5.97 Å². The summed E-state index contributed by atoms with van der Waals surface area (Å²) in [5.74, 6) is 0.132. The maximum absolute atomic E-state index is 12.0. The van der Waals surface area contributed by atoms with E-state index in [4.69, 9.17) is 4.74 Å². The second kappa shape index (κ2) is 8.08. The third kappa shape index (κ3) is 4.92. The molecule has 0 amide bonds. The molecule has 0 aliphatic heterocycles. The van der Waals surface area contributed by atoms with Crippen molar-refractivity contribution in [3.05, 3.63) is 71.8 Å². The normalized spacial score (nSPS) is 12.1. The van der Waals surface area contributed by atoms with Gasteiger partial charge in [0.1, 0.15) is 5.75 Å². The van der Waals surface area contributed by atoms with Crippen LogP contribution in [0.5, 0.6) is 5.75 Å². The van der Waals surface area contributed by atoms with Crippen LogP contribution in [-0.2, 0) is 4.79 Å². The lowest BCUT2D eigenvalue weighted by molar-refractivity contribution is -0.138. The number of carbonyl (C=O) groups excluding carboxylic acids is 2. The van der Waals surface area contributed by atoms with Crippen molar-refractivity contribution in [1.29, 1.82) is 0 Å². The number of hydrogen-bond acceptors (Lipinski definition) is 3. The number of esters is 1. The van der Waals surface area contributed by atoms with E-state index < -0.39 is 0 Å². The Hall–Kier alpha value is -2.68. The number of ether oxygens (including phenoxy) is 1. The van der Waals surface area contributed by atoms with E-state index in [-0.39, 0.29) is 17.7 Å². The molecule has 2 aromatic carbocycles. The maximum atomic E-state index is 12.0. The number of hydrogen-bond donors (Lipinski definition) is 0. The monoisotopic (exact) mass is 308 g/mol. The first-order valence-corrected chi connectivity index (χ1v) is 7.69. The van der Waals surface area contributed by atoms with Crippen LogP contribution in [0, 0.1) is 5.92 Å². The van der Waals surface area contributed by atoms with Gasteiger partial charge in [0, 0.05) is 5.56 Å². The molecule has 118 valence electrons. The Kier molecular flexibility index (Phi) is 5.87. The Morgan fingerprint density at radius 2 is 1.70 bits per heavy atom. The molecular formula is C20H20O3. The van der Waals surface area contributed by atoms with Crippen molar-refractivity contribution >= 4 is 17.8 Å². The van der Waals surface area contributed by atoms with Crippen LogP contribution >= 0.6 is 0 Å². The molecule has 1 atom stereocenters. The zero-order valence-corrected chi connectivity index (χ0v) is 13.4. The van der Waals surface area contributed by atoms with Gasteiger partial charge in [0.2, 0.25) is 0 Å². The first-order valence-electron chi connectivity index (χ1n) is 7.69. The molecule has 2 aromatic rings. The summed E-state index contributed by atoms with van der Waals surface area (Å²) in [5, 5.41) is 0. The van der Waals surface area contributed by atoms with Gasteiger partial charge in [0.25, 0.3) is 0 Å². The molecule has 0 spiro atoms. The highest BCUT2D eigenvalue weighted by molar-refractivity contribution is 6.06. The number of ketones is 1. The summed E-state index contributed by atoms with van der Waals surface area (Å²) in [6.45, 7) is 3.79. The molecular weight excluding hydrogens is 288 g/mol. The Morgan fingerprint density at radius 1 is 1.04 bits per heavy atom. The summed E-state index contributed by atoms with van der Waals surface area (Å²) in [5.41, 5.74) is 1.53. The Labute approximate surface area is 136 Å².